The summed E-state index contributed by atoms with van der Waals surface area (Å²) in [5.41, 5.74) is 4.28. The number of Topliss-reactive ketones (excluding diaryl/α,β-unsaturated/α-hetero) is 1. The Balaban J connectivity index is 1.72. The second-order valence-electron chi connectivity index (χ2n) is 7.37. The summed E-state index contributed by atoms with van der Waals surface area (Å²) in [5, 5.41) is 17.6. The number of aryl methyl sites for hydroxylation is 1. The molecular formula is C22H21Br2N3O2. The van der Waals surface area contributed by atoms with Crippen LogP contribution in [0, 0.1) is 13.8 Å². The lowest BCUT2D eigenvalue weighted by atomic mass is 10.1. The lowest BCUT2D eigenvalue weighted by Crippen LogP contribution is -2.23. The fourth-order valence-corrected chi connectivity index (χ4v) is 4.82. The summed E-state index contributed by atoms with van der Waals surface area (Å²) in [5.74, 6) is -0.000656. The summed E-state index contributed by atoms with van der Waals surface area (Å²) in [4.78, 5) is 11.9. The number of rotatable bonds is 5. The first kappa shape index (κ1) is 20.3. The van der Waals surface area contributed by atoms with Crippen LogP contribution in [0.4, 0.5) is 0 Å². The largest absolute Gasteiger partial charge is 0.389 e. The van der Waals surface area contributed by atoms with Crippen molar-refractivity contribution >= 4 is 59.4 Å². The Morgan fingerprint density at radius 2 is 1.59 bits per heavy atom. The van der Waals surface area contributed by atoms with Gasteiger partial charge in [-0.05, 0) is 57.2 Å². The van der Waals surface area contributed by atoms with E-state index in [1.54, 1.807) is 11.6 Å². The quantitative estimate of drug-likeness (QED) is 0.360. The van der Waals surface area contributed by atoms with Crippen LogP contribution in [0.2, 0.25) is 0 Å². The lowest BCUT2D eigenvalue weighted by Gasteiger charge is -2.15. The minimum absolute atomic E-state index is 0.000656. The van der Waals surface area contributed by atoms with E-state index in [0.717, 1.165) is 36.4 Å². The first-order valence-electron chi connectivity index (χ1n) is 9.36. The number of ketones is 1. The van der Waals surface area contributed by atoms with Gasteiger partial charge in [0.05, 0.1) is 30.5 Å². The number of aliphatic hydroxyl groups excluding tert-OH is 1. The average molecular weight is 519 g/mol. The molecular weight excluding hydrogens is 498 g/mol. The molecule has 0 spiro atoms. The van der Waals surface area contributed by atoms with Gasteiger partial charge in [-0.25, -0.2) is 0 Å². The first-order chi connectivity index (χ1) is 13.8. The second-order valence-corrected chi connectivity index (χ2v) is 9.20. The molecule has 0 bridgehead atoms. The molecule has 2 heterocycles. The molecule has 2 aromatic carbocycles. The number of hydrogen-bond donors (Lipinski definition) is 1. The SMILES string of the molecule is CC(=O)c1c(C)nn(C[C@@H](O)Cn2c3ccc(Br)cc3c3cc(Br)ccc32)c1C. The number of halogens is 2. The molecule has 2 aromatic heterocycles. The number of carbonyl (C=O) groups is 1. The van der Waals surface area contributed by atoms with Crippen molar-refractivity contribution in [2.75, 3.05) is 0 Å². The van der Waals surface area contributed by atoms with Crippen LogP contribution in [0.1, 0.15) is 28.7 Å². The predicted molar refractivity (Wildman–Crippen MR) is 123 cm³/mol. The monoisotopic (exact) mass is 517 g/mol. The van der Waals surface area contributed by atoms with Gasteiger partial charge in [-0.3, -0.25) is 9.48 Å². The van der Waals surface area contributed by atoms with Crippen LogP contribution in [0.3, 0.4) is 0 Å². The van der Waals surface area contributed by atoms with E-state index in [4.69, 9.17) is 0 Å². The predicted octanol–water partition coefficient (Wildman–Crippen LogP) is 5.40. The van der Waals surface area contributed by atoms with Crippen molar-refractivity contribution in [1.82, 2.24) is 14.3 Å². The third-order valence-corrected chi connectivity index (χ3v) is 6.29. The molecule has 4 rings (SSSR count). The van der Waals surface area contributed by atoms with E-state index in [1.807, 2.05) is 26.0 Å². The van der Waals surface area contributed by atoms with Crippen molar-refractivity contribution < 1.29 is 9.90 Å². The van der Waals surface area contributed by atoms with E-state index in [1.165, 1.54) is 0 Å². The molecule has 0 aliphatic rings. The first-order valence-corrected chi connectivity index (χ1v) is 10.9. The molecule has 1 atom stereocenters. The van der Waals surface area contributed by atoms with E-state index in [-0.39, 0.29) is 5.78 Å². The molecule has 150 valence electrons. The van der Waals surface area contributed by atoms with Gasteiger partial charge in [0, 0.05) is 36.4 Å². The highest BCUT2D eigenvalue weighted by molar-refractivity contribution is 9.10. The van der Waals surface area contributed by atoms with Crippen molar-refractivity contribution in [3.8, 4) is 0 Å². The van der Waals surface area contributed by atoms with Crippen molar-refractivity contribution in [2.45, 2.75) is 40.0 Å². The molecule has 0 saturated carbocycles. The third kappa shape index (κ3) is 3.67. The van der Waals surface area contributed by atoms with Crippen LogP contribution >= 0.6 is 31.9 Å². The number of carbonyl (C=O) groups excluding carboxylic acids is 1. The minimum atomic E-state index is -0.654. The maximum atomic E-state index is 11.9. The van der Waals surface area contributed by atoms with Crippen LogP contribution in [-0.2, 0) is 13.1 Å². The zero-order valence-corrected chi connectivity index (χ0v) is 19.6. The summed E-state index contributed by atoms with van der Waals surface area (Å²) < 4.78 is 5.91. The summed E-state index contributed by atoms with van der Waals surface area (Å²) >= 11 is 7.12. The topological polar surface area (TPSA) is 60.1 Å². The average Bonchev–Trinajstić information content (AvgIpc) is 3.08. The maximum absolute atomic E-state index is 11.9. The zero-order chi connectivity index (χ0) is 20.9. The molecule has 0 aliphatic carbocycles. The van der Waals surface area contributed by atoms with E-state index in [0.29, 0.717) is 24.3 Å². The van der Waals surface area contributed by atoms with Crippen molar-refractivity contribution in [3.63, 3.8) is 0 Å². The molecule has 0 unspecified atom stereocenters. The highest BCUT2D eigenvalue weighted by atomic mass is 79.9. The Kier molecular flexibility index (Phi) is 5.40. The smallest absolute Gasteiger partial charge is 0.163 e. The van der Waals surface area contributed by atoms with Gasteiger partial charge in [0.25, 0.3) is 0 Å². The number of fused-ring (bicyclic) bond motifs is 3. The molecule has 7 heteroatoms. The fraction of sp³-hybridized carbons (Fsp3) is 0.273. The second kappa shape index (κ2) is 7.70. The van der Waals surface area contributed by atoms with Gasteiger partial charge in [0.1, 0.15) is 0 Å². The number of hydrogen-bond acceptors (Lipinski definition) is 3. The Morgan fingerprint density at radius 3 is 2.07 bits per heavy atom. The Labute approximate surface area is 185 Å². The van der Waals surface area contributed by atoms with Gasteiger partial charge in [-0.15, -0.1) is 0 Å². The highest BCUT2D eigenvalue weighted by Gasteiger charge is 2.19. The molecule has 0 saturated heterocycles. The van der Waals surface area contributed by atoms with Gasteiger partial charge in [-0.1, -0.05) is 31.9 Å². The molecule has 0 radical (unpaired) electrons. The van der Waals surface area contributed by atoms with Gasteiger partial charge in [0.2, 0.25) is 0 Å². The van der Waals surface area contributed by atoms with E-state index >= 15 is 0 Å². The summed E-state index contributed by atoms with van der Waals surface area (Å²) in [6.07, 6.45) is -0.654. The Morgan fingerprint density at radius 1 is 1.03 bits per heavy atom. The fourth-order valence-electron chi connectivity index (χ4n) is 4.10. The molecule has 1 N–H and O–H groups in total. The normalized spacial score (nSPS) is 12.8. The van der Waals surface area contributed by atoms with E-state index < -0.39 is 6.10 Å². The van der Waals surface area contributed by atoms with E-state index in [2.05, 4.69) is 65.8 Å². The molecule has 0 amide bonds. The standard InChI is InChI=1S/C22H21Br2N3O2/c1-12-22(14(3)28)13(2)27(25-12)11-17(29)10-26-20-6-4-15(23)8-18(20)19-9-16(24)5-7-21(19)26/h4-9,17,29H,10-11H2,1-3H3/t17-/m0/s1. The van der Waals surface area contributed by atoms with Gasteiger partial charge in [0.15, 0.2) is 5.78 Å². The lowest BCUT2D eigenvalue weighted by molar-refractivity contribution is 0.101. The Hall–Kier alpha value is -1.96. The number of nitrogens with zero attached hydrogens (tertiary/aromatic N) is 3. The van der Waals surface area contributed by atoms with Crippen LogP contribution in [0.15, 0.2) is 45.3 Å². The van der Waals surface area contributed by atoms with Crippen molar-refractivity contribution in [2.24, 2.45) is 0 Å². The van der Waals surface area contributed by atoms with Crippen molar-refractivity contribution in [1.29, 1.82) is 0 Å². The molecule has 5 nitrogen and oxygen atoms in total. The molecule has 4 aromatic rings. The van der Waals surface area contributed by atoms with Crippen molar-refractivity contribution in [3.05, 3.63) is 62.3 Å². The maximum Gasteiger partial charge on any atom is 0.163 e. The molecule has 0 fully saturated rings. The number of aromatic nitrogens is 3. The van der Waals surface area contributed by atoms with Gasteiger partial charge in [-0.2, -0.15) is 5.10 Å². The van der Waals surface area contributed by atoms with E-state index in [9.17, 15) is 9.90 Å². The minimum Gasteiger partial charge on any atom is -0.389 e. The van der Waals surface area contributed by atoms with Crippen LogP contribution < -0.4 is 0 Å². The number of aliphatic hydroxyl groups is 1. The molecule has 29 heavy (non-hydrogen) atoms. The Bertz CT molecular complexity index is 1200. The highest BCUT2D eigenvalue weighted by Crippen LogP contribution is 2.33. The van der Waals surface area contributed by atoms with Crippen LogP contribution in [-0.4, -0.2) is 31.3 Å². The zero-order valence-electron chi connectivity index (χ0n) is 16.4. The van der Waals surface area contributed by atoms with Crippen LogP contribution in [0.5, 0.6) is 0 Å². The van der Waals surface area contributed by atoms with Gasteiger partial charge < -0.3 is 9.67 Å². The van der Waals surface area contributed by atoms with Crippen LogP contribution in [0.25, 0.3) is 21.8 Å². The third-order valence-electron chi connectivity index (χ3n) is 5.30. The van der Waals surface area contributed by atoms with Gasteiger partial charge >= 0.3 is 0 Å². The summed E-state index contributed by atoms with van der Waals surface area (Å²) in [7, 11) is 0. The summed E-state index contributed by atoms with van der Waals surface area (Å²) in [6.45, 7) is 6.01. The number of benzene rings is 2. The molecule has 0 aliphatic heterocycles. The summed E-state index contributed by atoms with van der Waals surface area (Å²) in [6, 6.07) is 12.4.